The Bertz CT molecular complexity index is 1220. The molecule has 0 atom stereocenters. The molecule has 4 rings (SSSR count). The summed E-state index contributed by atoms with van der Waals surface area (Å²) in [4.78, 5) is 4.67. The number of nitrogens with one attached hydrogen (secondary N) is 1. The average Bonchev–Trinajstić information content (AvgIpc) is 3.17. The van der Waals surface area contributed by atoms with Crippen molar-refractivity contribution >= 4 is 11.5 Å². The number of aromatic nitrogens is 4. The zero-order chi connectivity index (χ0) is 22.0. The molecule has 0 fully saturated rings. The zero-order valence-electron chi connectivity index (χ0n) is 17.7. The molecule has 0 bridgehead atoms. The number of hydrogen-bond acceptors (Lipinski definition) is 5. The minimum absolute atomic E-state index is 0.0446. The van der Waals surface area contributed by atoms with Crippen molar-refractivity contribution in [3.05, 3.63) is 71.8 Å². The average molecular weight is 422 g/mol. The Morgan fingerprint density at radius 3 is 2.74 bits per heavy atom. The van der Waals surface area contributed by atoms with Crippen LogP contribution >= 0.6 is 0 Å². The van der Waals surface area contributed by atoms with Crippen LogP contribution in [-0.2, 0) is 13.0 Å². The highest BCUT2D eigenvalue weighted by Crippen LogP contribution is 2.26. The molecule has 3 heterocycles. The van der Waals surface area contributed by atoms with Gasteiger partial charge in [-0.25, -0.2) is 9.37 Å². The molecule has 31 heavy (non-hydrogen) atoms. The summed E-state index contributed by atoms with van der Waals surface area (Å²) in [6.07, 6.45) is 4.08. The van der Waals surface area contributed by atoms with Crippen molar-refractivity contribution in [3.8, 4) is 17.1 Å². The van der Waals surface area contributed by atoms with E-state index in [2.05, 4.69) is 15.4 Å². The Kier molecular flexibility index (Phi) is 5.70. The summed E-state index contributed by atoms with van der Waals surface area (Å²) in [5.74, 6) is 0.714. The van der Waals surface area contributed by atoms with Gasteiger partial charge in [-0.1, -0.05) is 19.1 Å². The number of pyridine rings is 1. The number of rotatable bonds is 7. The fourth-order valence-electron chi connectivity index (χ4n) is 3.34. The van der Waals surface area contributed by atoms with E-state index in [-0.39, 0.29) is 11.9 Å². The van der Waals surface area contributed by atoms with Crippen LogP contribution in [0.1, 0.15) is 31.9 Å². The first-order valence-corrected chi connectivity index (χ1v) is 10.2. The normalized spacial score (nSPS) is 11.3. The van der Waals surface area contributed by atoms with Gasteiger partial charge in [0.2, 0.25) is 6.20 Å². The molecule has 0 aliphatic heterocycles. The molecule has 0 aliphatic carbocycles. The van der Waals surface area contributed by atoms with E-state index in [1.165, 1.54) is 6.07 Å². The molecule has 7 nitrogen and oxygen atoms in total. The summed E-state index contributed by atoms with van der Waals surface area (Å²) in [6, 6.07) is 11.9. The van der Waals surface area contributed by atoms with Crippen LogP contribution in [0.15, 0.2) is 54.9 Å². The lowest BCUT2D eigenvalue weighted by molar-refractivity contribution is -0.906. The van der Waals surface area contributed by atoms with Gasteiger partial charge in [-0.3, -0.25) is 5.21 Å². The van der Waals surface area contributed by atoms with Crippen LogP contribution in [-0.4, -0.2) is 25.9 Å². The smallest absolute Gasteiger partial charge is 0.416 e. The van der Waals surface area contributed by atoms with Gasteiger partial charge in [-0.15, -0.1) is 0 Å². The first-order chi connectivity index (χ1) is 15.0. The summed E-state index contributed by atoms with van der Waals surface area (Å²) in [5, 5.41) is 17.9. The molecular formula is C23H25FN5O2+. The number of ether oxygens (including phenoxy) is 1. The minimum Gasteiger partial charge on any atom is -0.439 e. The van der Waals surface area contributed by atoms with Gasteiger partial charge in [0.05, 0.1) is 24.1 Å². The summed E-state index contributed by atoms with van der Waals surface area (Å²) in [5.41, 5.74) is 3.45. The number of aryl methyl sites for hydroxylation is 1. The van der Waals surface area contributed by atoms with E-state index < -0.39 is 0 Å². The number of anilines is 1. The standard InChI is InChI=1S/C23H25FN5O2/c1-4-17-13-26-29-21(11-20(27-23(17)29)18-7-5-6-8-19(18)24)25-12-16-9-10-22(28(30)14-16)31-15(2)3/h5-11,13-15,25,30H,4,12H2,1-3H3/q+1. The maximum absolute atomic E-state index is 14.4. The van der Waals surface area contributed by atoms with E-state index in [9.17, 15) is 9.60 Å². The Balaban J connectivity index is 1.68. The Labute approximate surface area is 179 Å². The number of benzene rings is 1. The van der Waals surface area contributed by atoms with Gasteiger partial charge in [-0.05, 0) is 38.5 Å². The third kappa shape index (κ3) is 4.28. The van der Waals surface area contributed by atoms with Gasteiger partial charge in [0.1, 0.15) is 11.6 Å². The van der Waals surface area contributed by atoms with Crippen LogP contribution in [0.4, 0.5) is 10.2 Å². The molecule has 0 radical (unpaired) electrons. The number of fused-ring (bicyclic) bond motifs is 1. The van der Waals surface area contributed by atoms with E-state index in [0.29, 0.717) is 35.1 Å². The highest BCUT2D eigenvalue weighted by molar-refractivity contribution is 5.68. The highest BCUT2D eigenvalue weighted by atomic mass is 19.1. The second kappa shape index (κ2) is 8.59. The van der Waals surface area contributed by atoms with Gasteiger partial charge in [0.25, 0.3) is 0 Å². The van der Waals surface area contributed by atoms with Crippen LogP contribution in [0.2, 0.25) is 0 Å². The molecule has 160 valence electrons. The van der Waals surface area contributed by atoms with Gasteiger partial charge >= 0.3 is 5.88 Å². The zero-order valence-corrected chi connectivity index (χ0v) is 17.7. The summed E-state index contributed by atoms with van der Waals surface area (Å²) in [7, 11) is 0. The lowest BCUT2D eigenvalue weighted by Crippen LogP contribution is -2.34. The molecule has 0 saturated heterocycles. The molecule has 4 aromatic rings. The second-order valence-corrected chi connectivity index (χ2v) is 7.51. The Hall–Kier alpha value is -3.68. The number of halogens is 1. The van der Waals surface area contributed by atoms with Crippen molar-refractivity contribution in [2.75, 3.05) is 5.32 Å². The molecule has 0 spiro atoms. The van der Waals surface area contributed by atoms with Crippen molar-refractivity contribution in [2.45, 2.75) is 39.8 Å². The predicted octanol–water partition coefficient (Wildman–Crippen LogP) is 4.02. The van der Waals surface area contributed by atoms with E-state index in [1.807, 2.05) is 26.8 Å². The topological polar surface area (TPSA) is 75.6 Å². The van der Waals surface area contributed by atoms with Crippen LogP contribution in [0.3, 0.4) is 0 Å². The lowest BCUT2D eigenvalue weighted by atomic mass is 10.1. The van der Waals surface area contributed by atoms with Gasteiger partial charge in [-0.2, -0.15) is 9.61 Å². The van der Waals surface area contributed by atoms with Crippen molar-refractivity contribution in [1.82, 2.24) is 14.6 Å². The monoisotopic (exact) mass is 422 g/mol. The lowest BCUT2D eigenvalue weighted by Gasteiger charge is -2.11. The van der Waals surface area contributed by atoms with Crippen molar-refractivity contribution < 1.29 is 19.1 Å². The van der Waals surface area contributed by atoms with Crippen LogP contribution in [0, 0.1) is 5.82 Å². The van der Waals surface area contributed by atoms with E-state index >= 15 is 0 Å². The summed E-state index contributed by atoms with van der Waals surface area (Å²) < 4.78 is 22.6. The molecule has 0 unspecified atom stereocenters. The molecule has 2 N–H and O–H groups in total. The fourth-order valence-corrected chi connectivity index (χ4v) is 3.34. The van der Waals surface area contributed by atoms with Gasteiger partial charge in [0.15, 0.2) is 5.65 Å². The van der Waals surface area contributed by atoms with Crippen molar-refractivity contribution in [3.63, 3.8) is 0 Å². The molecule has 0 amide bonds. The molecule has 0 saturated carbocycles. The number of nitrogens with zero attached hydrogens (tertiary/aromatic N) is 4. The van der Waals surface area contributed by atoms with E-state index in [4.69, 9.17) is 4.74 Å². The summed E-state index contributed by atoms with van der Waals surface area (Å²) in [6.45, 7) is 6.24. The third-order valence-corrected chi connectivity index (χ3v) is 4.86. The first-order valence-electron chi connectivity index (χ1n) is 10.2. The SMILES string of the molecule is CCc1cnn2c(NCc3ccc(OC(C)C)[n+](O)c3)cc(-c3ccccc3F)nc12. The number of hydrogen-bond donors (Lipinski definition) is 2. The fraction of sp³-hybridized carbons (Fsp3) is 0.261. The molecular weight excluding hydrogens is 397 g/mol. The van der Waals surface area contributed by atoms with Crippen molar-refractivity contribution in [1.29, 1.82) is 0 Å². The second-order valence-electron chi connectivity index (χ2n) is 7.51. The quantitative estimate of drug-likeness (QED) is 0.348. The summed E-state index contributed by atoms with van der Waals surface area (Å²) >= 11 is 0. The molecule has 1 aromatic carbocycles. The maximum atomic E-state index is 14.4. The minimum atomic E-state index is -0.329. The van der Waals surface area contributed by atoms with E-state index in [0.717, 1.165) is 22.3 Å². The highest BCUT2D eigenvalue weighted by Gasteiger charge is 2.16. The first kappa shape index (κ1) is 20.6. The van der Waals surface area contributed by atoms with Gasteiger partial charge in [0, 0.05) is 34.0 Å². The van der Waals surface area contributed by atoms with Crippen LogP contribution < -0.4 is 14.8 Å². The van der Waals surface area contributed by atoms with E-state index in [1.54, 1.807) is 47.2 Å². The van der Waals surface area contributed by atoms with Crippen LogP contribution in [0.5, 0.6) is 5.88 Å². The maximum Gasteiger partial charge on any atom is 0.416 e. The largest absolute Gasteiger partial charge is 0.439 e. The van der Waals surface area contributed by atoms with Crippen LogP contribution in [0.25, 0.3) is 16.9 Å². The third-order valence-electron chi connectivity index (χ3n) is 4.86. The predicted molar refractivity (Wildman–Crippen MR) is 115 cm³/mol. The Morgan fingerprint density at radius 2 is 2.03 bits per heavy atom. The van der Waals surface area contributed by atoms with Crippen molar-refractivity contribution in [2.24, 2.45) is 0 Å². The molecule has 0 aliphatic rings. The molecule has 3 aromatic heterocycles. The Morgan fingerprint density at radius 1 is 1.23 bits per heavy atom. The molecule has 8 heteroatoms. The van der Waals surface area contributed by atoms with Gasteiger partial charge < -0.3 is 10.1 Å².